The molecule has 26 heavy (non-hydrogen) atoms. The minimum Gasteiger partial charge on any atom is -0.478 e. The summed E-state index contributed by atoms with van der Waals surface area (Å²) in [6.45, 7) is 0.476. The molecule has 0 aliphatic heterocycles. The summed E-state index contributed by atoms with van der Waals surface area (Å²) in [5.74, 6) is -0.991. The Morgan fingerprint density at radius 2 is 1.85 bits per heavy atom. The first-order chi connectivity index (χ1) is 12.4. The molecule has 0 atom stereocenters. The molecule has 2 aromatic rings. The van der Waals surface area contributed by atoms with E-state index >= 15 is 0 Å². The van der Waals surface area contributed by atoms with Gasteiger partial charge in [-0.25, -0.2) is 13.2 Å². The van der Waals surface area contributed by atoms with Crippen LogP contribution in [0.5, 0.6) is 0 Å². The van der Waals surface area contributed by atoms with Gasteiger partial charge in [0.25, 0.3) is 0 Å². The Morgan fingerprint density at radius 3 is 2.54 bits per heavy atom. The Hall–Kier alpha value is -2.26. The molecule has 2 rings (SSSR count). The molecule has 0 saturated carbocycles. The van der Waals surface area contributed by atoms with E-state index in [-0.39, 0.29) is 23.6 Å². The summed E-state index contributed by atoms with van der Waals surface area (Å²) in [6.07, 6.45) is 0. The summed E-state index contributed by atoms with van der Waals surface area (Å²) in [7, 11) is -2.27. The highest BCUT2D eigenvalue weighted by Gasteiger charge is 2.22. The number of aromatic carboxylic acids is 1. The number of sulfonamides is 1. The van der Waals surface area contributed by atoms with Gasteiger partial charge in [0, 0.05) is 26.7 Å². The highest BCUT2D eigenvalue weighted by Crippen LogP contribution is 2.19. The predicted octanol–water partition coefficient (Wildman–Crippen LogP) is 1.29. The SMILES string of the molecule is CN(CCO)S(=O)(=O)c1ccccc1CNCc1cccc(C(=O)O)c1. The number of aliphatic hydroxyl groups excluding tert-OH is 1. The summed E-state index contributed by atoms with van der Waals surface area (Å²) in [5, 5.41) is 21.2. The standard InChI is InChI=1S/C18H22N2O5S/c1-20(9-10-21)26(24,25)17-8-3-2-6-16(17)13-19-12-14-5-4-7-15(11-14)18(22)23/h2-8,11,19,21H,9-10,12-13H2,1H3,(H,22,23). The van der Waals surface area contributed by atoms with Gasteiger partial charge in [-0.3, -0.25) is 0 Å². The smallest absolute Gasteiger partial charge is 0.335 e. The van der Waals surface area contributed by atoms with E-state index < -0.39 is 16.0 Å². The minimum absolute atomic E-state index is 0.0199. The molecule has 2 aromatic carbocycles. The van der Waals surface area contributed by atoms with Crippen LogP contribution in [0.25, 0.3) is 0 Å². The molecule has 3 N–H and O–H groups in total. The van der Waals surface area contributed by atoms with E-state index in [0.29, 0.717) is 18.7 Å². The molecule has 140 valence electrons. The third-order valence-corrected chi connectivity index (χ3v) is 5.85. The van der Waals surface area contributed by atoms with Crippen molar-refractivity contribution in [2.24, 2.45) is 0 Å². The monoisotopic (exact) mass is 378 g/mol. The van der Waals surface area contributed by atoms with Gasteiger partial charge in [0.1, 0.15) is 0 Å². The molecule has 0 amide bonds. The molecule has 0 bridgehead atoms. The first-order valence-electron chi connectivity index (χ1n) is 8.04. The molecule has 0 heterocycles. The number of nitrogens with zero attached hydrogens (tertiary/aromatic N) is 1. The second kappa shape index (κ2) is 8.91. The summed E-state index contributed by atoms with van der Waals surface area (Å²) in [4.78, 5) is 11.2. The Labute approximate surface area is 152 Å². The average molecular weight is 378 g/mol. The quantitative estimate of drug-likeness (QED) is 0.607. The van der Waals surface area contributed by atoms with E-state index in [1.807, 2.05) is 0 Å². The van der Waals surface area contributed by atoms with Crippen LogP contribution < -0.4 is 5.32 Å². The molecule has 0 aliphatic carbocycles. The van der Waals surface area contributed by atoms with Crippen LogP contribution in [-0.4, -0.2) is 49.1 Å². The summed E-state index contributed by atoms with van der Waals surface area (Å²) in [5.41, 5.74) is 1.60. The van der Waals surface area contributed by atoms with Gasteiger partial charge in [-0.05, 0) is 29.3 Å². The molecule has 8 heteroatoms. The first kappa shape index (κ1) is 20.1. The molecule has 0 unspecified atom stereocenters. The van der Waals surface area contributed by atoms with Crippen LogP contribution in [0.15, 0.2) is 53.4 Å². The first-order valence-corrected chi connectivity index (χ1v) is 9.48. The van der Waals surface area contributed by atoms with E-state index in [4.69, 9.17) is 10.2 Å². The maximum Gasteiger partial charge on any atom is 0.335 e. The van der Waals surface area contributed by atoms with Crippen molar-refractivity contribution in [2.45, 2.75) is 18.0 Å². The molecule has 0 spiro atoms. The van der Waals surface area contributed by atoms with Crippen LogP contribution in [0.4, 0.5) is 0 Å². The van der Waals surface area contributed by atoms with E-state index in [0.717, 1.165) is 9.87 Å². The second-order valence-electron chi connectivity index (χ2n) is 5.77. The van der Waals surface area contributed by atoms with Crippen LogP contribution >= 0.6 is 0 Å². The lowest BCUT2D eigenvalue weighted by Gasteiger charge is -2.18. The zero-order valence-corrected chi connectivity index (χ0v) is 15.2. The normalized spacial score (nSPS) is 11.7. The van der Waals surface area contributed by atoms with E-state index in [1.165, 1.54) is 19.2 Å². The zero-order chi connectivity index (χ0) is 19.2. The molecule has 0 aliphatic rings. The van der Waals surface area contributed by atoms with Crippen molar-refractivity contribution in [2.75, 3.05) is 20.2 Å². The summed E-state index contributed by atoms with van der Waals surface area (Å²) in [6, 6.07) is 13.2. The minimum atomic E-state index is -3.69. The average Bonchev–Trinajstić information content (AvgIpc) is 2.62. The second-order valence-corrected chi connectivity index (χ2v) is 7.78. The van der Waals surface area contributed by atoms with Gasteiger partial charge >= 0.3 is 5.97 Å². The van der Waals surface area contributed by atoms with Crippen LogP contribution in [0.3, 0.4) is 0 Å². The number of nitrogens with one attached hydrogen (secondary N) is 1. The Kier molecular flexibility index (Phi) is 6.87. The molecular formula is C18H22N2O5S. The van der Waals surface area contributed by atoms with Gasteiger partial charge in [0.15, 0.2) is 0 Å². The zero-order valence-electron chi connectivity index (χ0n) is 14.4. The number of carboxylic acids is 1. The van der Waals surface area contributed by atoms with Gasteiger partial charge in [-0.2, -0.15) is 4.31 Å². The lowest BCUT2D eigenvalue weighted by Crippen LogP contribution is -2.30. The number of benzene rings is 2. The number of carbonyl (C=O) groups is 1. The predicted molar refractivity (Wildman–Crippen MR) is 97.3 cm³/mol. The summed E-state index contributed by atoms with van der Waals surface area (Å²) >= 11 is 0. The third kappa shape index (κ3) is 4.89. The Morgan fingerprint density at radius 1 is 1.12 bits per heavy atom. The Balaban J connectivity index is 2.12. The fourth-order valence-electron chi connectivity index (χ4n) is 2.49. The molecule has 0 radical (unpaired) electrons. The number of aliphatic hydroxyl groups is 1. The molecule has 0 fully saturated rings. The van der Waals surface area contributed by atoms with Crippen molar-refractivity contribution in [3.8, 4) is 0 Å². The fourth-order valence-corrected chi connectivity index (χ4v) is 3.87. The van der Waals surface area contributed by atoms with Crippen LogP contribution in [0.1, 0.15) is 21.5 Å². The van der Waals surface area contributed by atoms with E-state index in [1.54, 1.807) is 36.4 Å². The number of rotatable bonds is 9. The number of carboxylic acid groups (broad SMARTS) is 1. The van der Waals surface area contributed by atoms with Gasteiger partial charge in [0.2, 0.25) is 10.0 Å². The molecule has 7 nitrogen and oxygen atoms in total. The number of hydrogen-bond acceptors (Lipinski definition) is 5. The van der Waals surface area contributed by atoms with Gasteiger partial charge in [0.05, 0.1) is 17.1 Å². The van der Waals surface area contributed by atoms with Gasteiger partial charge in [-0.15, -0.1) is 0 Å². The molecule has 0 saturated heterocycles. The largest absolute Gasteiger partial charge is 0.478 e. The highest BCUT2D eigenvalue weighted by molar-refractivity contribution is 7.89. The van der Waals surface area contributed by atoms with Crippen molar-refractivity contribution in [1.82, 2.24) is 9.62 Å². The van der Waals surface area contributed by atoms with Crippen molar-refractivity contribution in [3.63, 3.8) is 0 Å². The topological polar surface area (TPSA) is 107 Å². The third-order valence-electron chi connectivity index (χ3n) is 3.89. The van der Waals surface area contributed by atoms with E-state index in [2.05, 4.69) is 5.32 Å². The Bertz CT molecular complexity index is 867. The van der Waals surface area contributed by atoms with Crippen LogP contribution in [0.2, 0.25) is 0 Å². The maximum atomic E-state index is 12.6. The molecule has 0 aromatic heterocycles. The lowest BCUT2D eigenvalue weighted by atomic mass is 10.1. The lowest BCUT2D eigenvalue weighted by molar-refractivity contribution is 0.0696. The highest BCUT2D eigenvalue weighted by atomic mass is 32.2. The van der Waals surface area contributed by atoms with Gasteiger partial charge in [-0.1, -0.05) is 30.3 Å². The number of likely N-dealkylation sites (N-methyl/N-ethyl adjacent to an activating group) is 1. The fraction of sp³-hybridized carbons (Fsp3) is 0.278. The van der Waals surface area contributed by atoms with Crippen molar-refractivity contribution in [1.29, 1.82) is 0 Å². The van der Waals surface area contributed by atoms with Crippen LogP contribution in [-0.2, 0) is 23.1 Å². The van der Waals surface area contributed by atoms with Crippen molar-refractivity contribution in [3.05, 3.63) is 65.2 Å². The molecular weight excluding hydrogens is 356 g/mol. The van der Waals surface area contributed by atoms with E-state index in [9.17, 15) is 13.2 Å². The van der Waals surface area contributed by atoms with Gasteiger partial charge < -0.3 is 15.5 Å². The summed E-state index contributed by atoms with van der Waals surface area (Å²) < 4.78 is 26.3. The van der Waals surface area contributed by atoms with Crippen molar-refractivity contribution >= 4 is 16.0 Å². The number of hydrogen-bond donors (Lipinski definition) is 3. The maximum absolute atomic E-state index is 12.6. The van der Waals surface area contributed by atoms with Crippen LogP contribution in [0, 0.1) is 0 Å². The van der Waals surface area contributed by atoms with Crippen molar-refractivity contribution < 1.29 is 23.4 Å².